The Bertz CT molecular complexity index is 1420. The molecule has 0 unspecified atom stereocenters. The Balaban J connectivity index is 1.48. The van der Waals surface area contributed by atoms with Gasteiger partial charge in [-0.05, 0) is 42.8 Å². The molecule has 1 amide bonds. The van der Waals surface area contributed by atoms with Crippen LogP contribution in [0.4, 0.5) is 10.5 Å². The molecule has 1 aliphatic rings. The fourth-order valence-corrected chi connectivity index (χ4v) is 6.07. The van der Waals surface area contributed by atoms with Gasteiger partial charge in [-0.25, -0.2) is 18.0 Å². The summed E-state index contributed by atoms with van der Waals surface area (Å²) in [7, 11) is -3.79. The molecule has 0 aliphatic carbocycles. The first kappa shape index (κ1) is 25.5. The highest BCUT2D eigenvalue weighted by molar-refractivity contribution is 7.89. The Kier molecular flexibility index (Phi) is 7.67. The summed E-state index contributed by atoms with van der Waals surface area (Å²) >= 11 is 12.1. The number of ether oxygens (including phenoxy) is 1. The first-order valence-electron chi connectivity index (χ1n) is 10.9. The highest BCUT2D eigenvalue weighted by Crippen LogP contribution is 2.29. The van der Waals surface area contributed by atoms with Crippen LogP contribution < -0.4 is 10.9 Å². The predicted molar refractivity (Wildman–Crippen MR) is 134 cm³/mol. The first-order chi connectivity index (χ1) is 16.7. The number of hydrogen-bond acceptors (Lipinski definition) is 7. The molecule has 1 aliphatic heterocycles. The van der Waals surface area contributed by atoms with Crippen LogP contribution in [0.3, 0.4) is 0 Å². The van der Waals surface area contributed by atoms with Gasteiger partial charge in [0.1, 0.15) is 10.5 Å². The van der Waals surface area contributed by atoms with Crippen molar-refractivity contribution in [1.29, 1.82) is 0 Å². The lowest BCUT2D eigenvalue weighted by Crippen LogP contribution is -2.48. The van der Waals surface area contributed by atoms with Gasteiger partial charge in [0.2, 0.25) is 10.0 Å². The fraction of sp³-hybridized carbons (Fsp3) is 0.304. The number of nitrogens with zero attached hydrogens (tertiary/aromatic N) is 2. The zero-order valence-electron chi connectivity index (χ0n) is 18.8. The van der Waals surface area contributed by atoms with Crippen LogP contribution in [-0.2, 0) is 21.3 Å². The quantitative estimate of drug-likeness (QED) is 0.468. The van der Waals surface area contributed by atoms with Crippen LogP contribution in [-0.4, -0.2) is 56.5 Å². The molecule has 1 fully saturated rings. The molecule has 0 radical (unpaired) electrons. The maximum atomic E-state index is 13.1. The Morgan fingerprint density at radius 2 is 1.83 bits per heavy atom. The number of fused-ring (bicyclic) bond motifs is 1. The summed E-state index contributed by atoms with van der Waals surface area (Å²) in [6, 6.07) is 10.8. The van der Waals surface area contributed by atoms with Crippen molar-refractivity contribution < 1.29 is 22.4 Å². The van der Waals surface area contributed by atoms with Gasteiger partial charge in [0.05, 0.1) is 11.6 Å². The second-order valence-corrected chi connectivity index (χ2v) is 10.7. The van der Waals surface area contributed by atoms with Gasteiger partial charge in [0.15, 0.2) is 0 Å². The third kappa shape index (κ3) is 5.79. The Morgan fingerprint density at radius 1 is 1.09 bits per heavy atom. The third-order valence-corrected chi connectivity index (χ3v) is 8.20. The van der Waals surface area contributed by atoms with Gasteiger partial charge in [-0.1, -0.05) is 23.2 Å². The molecular formula is C23H23Cl2N3O6S. The maximum absolute atomic E-state index is 13.1. The van der Waals surface area contributed by atoms with Crippen molar-refractivity contribution in [2.45, 2.75) is 18.4 Å². The molecule has 4 rings (SSSR count). The van der Waals surface area contributed by atoms with Gasteiger partial charge in [-0.3, -0.25) is 10.2 Å². The molecule has 9 nitrogen and oxygen atoms in total. The van der Waals surface area contributed by atoms with E-state index >= 15 is 0 Å². The lowest BCUT2D eigenvalue weighted by atomic mass is 10.1. The van der Waals surface area contributed by atoms with Crippen molar-refractivity contribution in [3.05, 3.63) is 68.5 Å². The Morgan fingerprint density at radius 3 is 2.54 bits per heavy atom. The monoisotopic (exact) mass is 539 g/mol. The van der Waals surface area contributed by atoms with Gasteiger partial charge >= 0.3 is 11.7 Å². The minimum atomic E-state index is -3.79. The van der Waals surface area contributed by atoms with E-state index in [1.807, 2.05) is 0 Å². The van der Waals surface area contributed by atoms with Gasteiger partial charge in [0, 0.05) is 61.0 Å². The SMILES string of the molecule is CCOC(=O)Nc1ccc2c(CN3CCN(S(=O)(=O)c4cc(Cl)ccc4Cl)CC3)cc(=O)oc2c1. The number of nitrogens with one attached hydrogen (secondary N) is 1. The molecule has 1 aromatic heterocycles. The first-order valence-corrected chi connectivity index (χ1v) is 13.0. The van der Waals surface area contributed by atoms with Crippen molar-refractivity contribution in [3.63, 3.8) is 0 Å². The number of halogens is 2. The van der Waals surface area contributed by atoms with Crippen LogP contribution in [0.15, 0.2) is 56.6 Å². The summed E-state index contributed by atoms with van der Waals surface area (Å²) in [5, 5.41) is 3.72. The molecule has 2 heterocycles. The number of amides is 1. The number of carbonyl (C=O) groups excluding carboxylic acids is 1. The normalized spacial score (nSPS) is 15.3. The highest BCUT2D eigenvalue weighted by atomic mass is 35.5. The average molecular weight is 540 g/mol. The summed E-state index contributed by atoms with van der Waals surface area (Å²) in [4.78, 5) is 25.9. The minimum Gasteiger partial charge on any atom is -0.450 e. The molecule has 186 valence electrons. The van der Waals surface area contributed by atoms with E-state index in [1.165, 1.54) is 28.6 Å². The van der Waals surface area contributed by atoms with E-state index < -0.39 is 21.7 Å². The number of hydrogen-bond donors (Lipinski definition) is 1. The van der Waals surface area contributed by atoms with Crippen molar-refractivity contribution in [2.75, 3.05) is 38.1 Å². The van der Waals surface area contributed by atoms with E-state index in [0.29, 0.717) is 35.9 Å². The summed E-state index contributed by atoms with van der Waals surface area (Å²) in [6.45, 7) is 3.81. The van der Waals surface area contributed by atoms with Gasteiger partial charge in [-0.15, -0.1) is 0 Å². The number of rotatable bonds is 6. The van der Waals surface area contributed by atoms with Crippen LogP contribution in [0.2, 0.25) is 10.0 Å². The third-order valence-electron chi connectivity index (χ3n) is 5.59. The summed E-state index contributed by atoms with van der Waals surface area (Å²) < 4.78 is 37.7. The van der Waals surface area contributed by atoms with Crippen molar-refractivity contribution in [3.8, 4) is 0 Å². The molecule has 2 aromatic carbocycles. The summed E-state index contributed by atoms with van der Waals surface area (Å²) in [5.41, 5.74) is 0.999. The van der Waals surface area contributed by atoms with Gasteiger partial charge in [-0.2, -0.15) is 4.31 Å². The molecule has 0 spiro atoms. The number of anilines is 1. The van der Waals surface area contributed by atoms with E-state index in [-0.39, 0.29) is 29.6 Å². The van der Waals surface area contributed by atoms with Crippen molar-refractivity contribution >= 4 is 56.0 Å². The van der Waals surface area contributed by atoms with E-state index in [9.17, 15) is 18.0 Å². The number of carbonyl (C=O) groups is 1. The zero-order chi connectivity index (χ0) is 25.2. The lowest BCUT2D eigenvalue weighted by molar-refractivity contribution is 0.168. The van der Waals surface area contributed by atoms with Crippen molar-refractivity contribution in [2.24, 2.45) is 0 Å². The zero-order valence-corrected chi connectivity index (χ0v) is 21.1. The van der Waals surface area contributed by atoms with Gasteiger partial charge < -0.3 is 9.15 Å². The Labute approximate surface area is 212 Å². The number of piperazine rings is 1. The van der Waals surface area contributed by atoms with Crippen molar-refractivity contribution in [1.82, 2.24) is 9.21 Å². The fourth-order valence-electron chi connectivity index (χ4n) is 3.91. The molecule has 0 atom stereocenters. The molecule has 12 heteroatoms. The number of sulfonamides is 1. The average Bonchev–Trinajstić information content (AvgIpc) is 2.80. The second kappa shape index (κ2) is 10.5. The largest absolute Gasteiger partial charge is 0.450 e. The lowest BCUT2D eigenvalue weighted by Gasteiger charge is -2.34. The minimum absolute atomic E-state index is 0.0148. The molecule has 1 saturated heterocycles. The molecule has 0 bridgehead atoms. The second-order valence-electron chi connectivity index (χ2n) is 7.90. The van der Waals surface area contributed by atoms with Crippen LogP contribution in [0.5, 0.6) is 0 Å². The van der Waals surface area contributed by atoms with Crippen LogP contribution in [0.1, 0.15) is 12.5 Å². The molecule has 3 aromatic rings. The molecule has 35 heavy (non-hydrogen) atoms. The van der Waals surface area contributed by atoms with E-state index in [1.54, 1.807) is 25.1 Å². The molecule has 1 N–H and O–H groups in total. The van der Waals surface area contributed by atoms with E-state index in [2.05, 4.69) is 10.2 Å². The van der Waals surface area contributed by atoms with Crippen LogP contribution in [0, 0.1) is 0 Å². The van der Waals surface area contributed by atoms with Gasteiger partial charge in [0.25, 0.3) is 0 Å². The summed E-state index contributed by atoms with van der Waals surface area (Å²) in [5.74, 6) is 0. The highest BCUT2D eigenvalue weighted by Gasteiger charge is 2.30. The summed E-state index contributed by atoms with van der Waals surface area (Å²) in [6.07, 6.45) is -0.600. The molecular weight excluding hydrogens is 517 g/mol. The van der Waals surface area contributed by atoms with Crippen LogP contribution >= 0.6 is 23.2 Å². The standard InChI is InChI=1S/C23H23Cl2N3O6S/c1-2-33-23(30)26-17-4-5-18-15(11-22(29)34-20(18)13-17)14-27-7-9-28(10-8-27)35(31,32)21-12-16(24)3-6-19(21)25/h3-6,11-13H,2,7-10,14H2,1H3,(H,26,30). The van der Waals surface area contributed by atoms with E-state index in [0.717, 1.165) is 10.9 Å². The number of benzene rings is 2. The topological polar surface area (TPSA) is 109 Å². The smallest absolute Gasteiger partial charge is 0.411 e. The Hall–Kier alpha value is -2.63. The van der Waals surface area contributed by atoms with E-state index in [4.69, 9.17) is 32.4 Å². The molecule has 0 saturated carbocycles. The maximum Gasteiger partial charge on any atom is 0.411 e. The predicted octanol–water partition coefficient (Wildman–Crippen LogP) is 4.17. The van der Waals surface area contributed by atoms with Crippen LogP contribution in [0.25, 0.3) is 11.0 Å².